The Hall–Kier alpha value is -3.00. The fourth-order valence-corrected chi connectivity index (χ4v) is 1.74. The topological polar surface area (TPSA) is 85.2 Å². The van der Waals surface area contributed by atoms with Gasteiger partial charge in [0.1, 0.15) is 5.75 Å². The second kappa shape index (κ2) is 5.76. The molecule has 0 radical (unpaired) electrons. The van der Waals surface area contributed by atoms with Crippen LogP contribution in [0.5, 0.6) is 5.75 Å². The van der Waals surface area contributed by atoms with Crippen molar-refractivity contribution >= 4 is 17.4 Å². The number of nitrogens with zero attached hydrogens (tertiary/aromatic N) is 1. The van der Waals surface area contributed by atoms with Gasteiger partial charge in [-0.05, 0) is 48.9 Å². The van der Waals surface area contributed by atoms with Crippen LogP contribution < -0.4 is 10.6 Å². The molecule has 0 bridgehead atoms. The third-order valence-corrected chi connectivity index (χ3v) is 2.71. The van der Waals surface area contributed by atoms with Gasteiger partial charge in [0.15, 0.2) is 0 Å². The maximum Gasteiger partial charge on any atom is 0.323 e. The summed E-state index contributed by atoms with van der Waals surface area (Å²) in [6.07, 6.45) is 0. The molecule has 0 aliphatic heterocycles. The maximum atomic E-state index is 11.9. The fourth-order valence-electron chi connectivity index (χ4n) is 1.74. The summed E-state index contributed by atoms with van der Waals surface area (Å²) in [6, 6.07) is 12.9. The maximum absolute atomic E-state index is 11.9. The Bertz CT molecular complexity index is 690. The standard InChI is InChI=1S/C15H13N3O2/c1-10-7-13(19)5-6-14(10)18-15(20)17-12-4-2-3-11(8-12)9-16/h2-8,19H,1H3,(H2,17,18,20). The highest BCUT2D eigenvalue weighted by molar-refractivity contribution is 6.00. The summed E-state index contributed by atoms with van der Waals surface area (Å²) in [6.45, 7) is 1.78. The highest BCUT2D eigenvalue weighted by Crippen LogP contribution is 2.20. The first kappa shape index (κ1) is 13.4. The average Bonchev–Trinajstić information content (AvgIpc) is 2.42. The normalized spacial score (nSPS) is 9.60. The molecule has 2 rings (SSSR count). The lowest BCUT2D eigenvalue weighted by molar-refractivity contribution is 0.262. The van der Waals surface area contributed by atoms with Crippen molar-refractivity contribution in [3.05, 3.63) is 53.6 Å². The van der Waals surface area contributed by atoms with Crippen LogP contribution in [0.25, 0.3) is 0 Å². The number of rotatable bonds is 2. The molecule has 0 atom stereocenters. The predicted octanol–water partition coefficient (Wildman–Crippen LogP) is 3.22. The number of nitrogens with one attached hydrogen (secondary N) is 2. The Morgan fingerprint density at radius 2 is 2.00 bits per heavy atom. The van der Waals surface area contributed by atoms with Crippen LogP contribution in [0, 0.1) is 18.3 Å². The van der Waals surface area contributed by atoms with E-state index in [0.29, 0.717) is 16.9 Å². The van der Waals surface area contributed by atoms with E-state index < -0.39 is 6.03 Å². The van der Waals surface area contributed by atoms with Crippen molar-refractivity contribution in [2.75, 3.05) is 10.6 Å². The van der Waals surface area contributed by atoms with E-state index >= 15 is 0 Å². The number of phenols is 1. The SMILES string of the molecule is Cc1cc(O)ccc1NC(=O)Nc1cccc(C#N)c1. The summed E-state index contributed by atoms with van der Waals surface area (Å²) >= 11 is 0. The van der Waals surface area contributed by atoms with Crippen LogP contribution in [0.3, 0.4) is 0 Å². The van der Waals surface area contributed by atoms with Crippen LogP contribution >= 0.6 is 0 Å². The molecule has 0 saturated carbocycles. The third kappa shape index (κ3) is 3.27. The molecule has 2 amide bonds. The minimum Gasteiger partial charge on any atom is -0.508 e. The van der Waals surface area contributed by atoms with Gasteiger partial charge in [0.25, 0.3) is 0 Å². The van der Waals surface area contributed by atoms with Crippen molar-refractivity contribution in [2.45, 2.75) is 6.92 Å². The van der Waals surface area contributed by atoms with E-state index in [1.54, 1.807) is 43.3 Å². The van der Waals surface area contributed by atoms with Gasteiger partial charge in [-0.2, -0.15) is 5.26 Å². The number of urea groups is 1. The lowest BCUT2D eigenvalue weighted by atomic mass is 10.2. The van der Waals surface area contributed by atoms with Crippen molar-refractivity contribution in [1.82, 2.24) is 0 Å². The average molecular weight is 267 g/mol. The molecule has 0 aromatic heterocycles. The first-order valence-electron chi connectivity index (χ1n) is 5.96. The molecule has 5 heteroatoms. The van der Waals surface area contributed by atoms with Gasteiger partial charge < -0.3 is 15.7 Å². The number of benzene rings is 2. The molecule has 3 N–H and O–H groups in total. The van der Waals surface area contributed by atoms with Gasteiger partial charge in [-0.25, -0.2) is 4.79 Å². The number of carbonyl (C=O) groups is 1. The molecule has 0 heterocycles. The zero-order chi connectivity index (χ0) is 14.5. The van der Waals surface area contributed by atoms with E-state index in [2.05, 4.69) is 10.6 Å². The Balaban J connectivity index is 2.07. The zero-order valence-electron chi connectivity index (χ0n) is 10.8. The molecular weight excluding hydrogens is 254 g/mol. The number of amides is 2. The lowest BCUT2D eigenvalue weighted by Gasteiger charge is -2.10. The molecule has 5 nitrogen and oxygen atoms in total. The molecule has 0 saturated heterocycles. The first-order chi connectivity index (χ1) is 9.58. The summed E-state index contributed by atoms with van der Waals surface area (Å²) in [5.41, 5.74) is 2.38. The Kier molecular flexibility index (Phi) is 3.87. The number of anilines is 2. The highest BCUT2D eigenvalue weighted by atomic mass is 16.3. The monoisotopic (exact) mass is 267 g/mol. The van der Waals surface area contributed by atoms with Crippen LogP contribution in [-0.4, -0.2) is 11.1 Å². The molecule has 20 heavy (non-hydrogen) atoms. The molecule has 2 aromatic rings. The summed E-state index contributed by atoms with van der Waals surface area (Å²) in [5, 5.41) is 23.4. The van der Waals surface area contributed by atoms with Gasteiger partial charge in [0.2, 0.25) is 0 Å². The quantitative estimate of drug-likeness (QED) is 0.730. The van der Waals surface area contributed by atoms with Crippen LogP contribution in [0.15, 0.2) is 42.5 Å². The van der Waals surface area contributed by atoms with E-state index in [-0.39, 0.29) is 5.75 Å². The molecule has 2 aromatic carbocycles. The van der Waals surface area contributed by atoms with Gasteiger partial charge in [-0.3, -0.25) is 0 Å². The van der Waals surface area contributed by atoms with E-state index in [1.165, 1.54) is 6.07 Å². The zero-order valence-corrected chi connectivity index (χ0v) is 10.8. The number of phenolic OH excluding ortho intramolecular Hbond substituents is 1. The molecule has 0 aliphatic carbocycles. The van der Waals surface area contributed by atoms with Gasteiger partial charge >= 0.3 is 6.03 Å². The molecule has 0 fully saturated rings. The second-order valence-corrected chi connectivity index (χ2v) is 4.27. The summed E-state index contributed by atoms with van der Waals surface area (Å²) in [4.78, 5) is 11.9. The van der Waals surface area contributed by atoms with Crippen molar-refractivity contribution in [2.24, 2.45) is 0 Å². The number of carbonyl (C=O) groups excluding carboxylic acids is 1. The number of aryl methyl sites for hydroxylation is 1. The van der Waals surface area contributed by atoms with Crippen molar-refractivity contribution < 1.29 is 9.90 Å². The smallest absolute Gasteiger partial charge is 0.323 e. The first-order valence-corrected chi connectivity index (χ1v) is 5.96. The number of nitriles is 1. The van der Waals surface area contributed by atoms with E-state index in [9.17, 15) is 9.90 Å². The predicted molar refractivity (Wildman–Crippen MR) is 76.6 cm³/mol. The van der Waals surface area contributed by atoms with Gasteiger partial charge in [0.05, 0.1) is 11.6 Å². The molecular formula is C15H13N3O2. The minimum atomic E-state index is -0.408. The van der Waals surface area contributed by atoms with E-state index in [1.807, 2.05) is 6.07 Å². The second-order valence-electron chi connectivity index (χ2n) is 4.27. The Labute approximate surface area is 116 Å². The Morgan fingerprint density at radius 1 is 1.20 bits per heavy atom. The summed E-state index contributed by atoms with van der Waals surface area (Å²) in [5.74, 6) is 0.148. The van der Waals surface area contributed by atoms with Gasteiger partial charge in [0, 0.05) is 11.4 Å². The van der Waals surface area contributed by atoms with Crippen molar-refractivity contribution in [1.29, 1.82) is 5.26 Å². The van der Waals surface area contributed by atoms with E-state index in [0.717, 1.165) is 5.56 Å². The summed E-state index contributed by atoms with van der Waals surface area (Å²) < 4.78 is 0. The highest BCUT2D eigenvalue weighted by Gasteiger charge is 2.06. The number of hydrogen-bond donors (Lipinski definition) is 3. The van der Waals surface area contributed by atoms with Crippen molar-refractivity contribution in [3.8, 4) is 11.8 Å². The number of aromatic hydroxyl groups is 1. The van der Waals surface area contributed by atoms with Crippen LogP contribution in [0.1, 0.15) is 11.1 Å². The van der Waals surface area contributed by atoms with Gasteiger partial charge in [-0.1, -0.05) is 6.07 Å². The minimum absolute atomic E-state index is 0.148. The molecule has 0 spiro atoms. The molecule has 0 aliphatic rings. The number of hydrogen-bond acceptors (Lipinski definition) is 3. The van der Waals surface area contributed by atoms with Crippen molar-refractivity contribution in [3.63, 3.8) is 0 Å². The summed E-state index contributed by atoms with van der Waals surface area (Å²) in [7, 11) is 0. The van der Waals surface area contributed by atoms with Gasteiger partial charge in [-0.15, -0.1) is 0 Å². The fraction of sp³-hybridized carbons (Fsp3) is 0.0667. The third-order valence-electron chi connectivity index (χ3n) is 2.71. The van der Waals surface area contributed by atoms with Crippen LogP contribution in [0.2, 0.25) is 0 Å². The van der Waals surface area contributed by atoms with Crippen LogP contribution in [-0.2, 0) is 0 Å². The Morgan fingerprint density at radius 3 is 2.70 bits per heavy atom. The lowest BCUT2D eigenvalue weighted by Crippen LogP contribution is -2.19. The molecule has 100 valence electrons. The largest absolute Gasteiger partial charge is 0.508 e. The van der Waals surface area contributed by atoms with E-state index in [4.69, 9.17) is 5.26 Å². The van der Waals surface area contributed by atoms with Crippen LogP contribution in [0.4, 0.5) is 16.2 Å². The molecule has 0 unspecified atom stereocenters.